The number of hydrogen-bond acceptors (Lipinski definition) is 3. The van der Waals surface area contributed by atoms with E-state index < -0.39 is 5.41 Å². The van der Waals surface area contributed by atoms with Crippen molar-refractivity contribution < 1.29 is 14.3 Å². The van der Waals surface area contributed by atoms with Gasteiger partial charge in [0.05, 0.1) is 12.5 Å². The van der Waals surface area contributed by atoms with Gasteiger partial charge in [-0.05, 0) is 39.0 Å². The lowest BCUT2D eigenvalue weighted by Crippen LogP contribution is -2.25. The lowest BCUT2D eigenvalue weighted by Gasteiger charge is -2.17. The molecule has 0 spiro atoms. The second-order valence-corrected chi connectivity index (χ2v) is 5.35. The van der Waals surface area contributed by atoms with Gasteiger partial charge in [0, 0.05) is 4.47 Å². The Balaban J connectivity index is 2.96. The monoisotopic (exact) mass is 286 g/mol. The molecule has 0 aliphatic rings. The maximum Gasteiger partial charge on any atom is 0.316 e. The van der Waals surface area contributed by atoms with Crippen LogP contribution < -0.4 is 9.47 Å². The van der Waals surface area contributed by atoms with Crippen LogP contribution in [0.15, 0.2) is 22.7 Å². The van der Waals surface area contributed by atoms with Crippen molar-refractivity contribution in [2.24, 2.45) is 5.41 Å². The van der Waals surface area contributed by atoms with E-state index >= 15 is 0 Å². The Morgan fingerprint density at radius 2 is 1.88 bits per heavy atom. The Labute approximate surface area is 104 Å². The average molecular weight is 287 g/mol. The lowest BCUT2D eigenvalue weighted by molar-refractivity contribution is -0.143. The van der Waals surface area contributed by atoms with Gasteiger partial charge in [-0.25, -0.2) is 0 Å². The number of benzene rings is 1. The predicted molar refractivity (Wildman–Crippen MR) is 65.8 cm³/mol. The van der Waals surface area contributed by atoms with E-state index in [9.17, 15) is 4.79 Å². The molecule has 0 saturated heterocycles. The molecule has 0 atom stereocenters. The molecule has 0 radical (unpaired) electrons. The Hall–Kier alpha value is -1.03. The first-order valence-corrected chi connectivity index (χ1v) is 5.69. The second-order valence-electron chi connectivity index (χ2n) is 4.43. The SMILES string of the molecule is COc1ccc(Br)cc1OC(=O)C(C)(C)C. The van der Waals surface area contributed by atoms with Crippen molar-refractivity contribution in [3.8, 4) is 11.5 Å². The van der Waals surface area contributed by atoms with Crippen LogP contribution in [-0.2, 0) is 4.79 Å². The van der Waals surface area contributed by atoms with Crippen LogP contribution in [-0.4, -0.2) is 13.1 Å². The summed E-state index contributed by atoms with van der Waals surface area (Å²) in [4.78, 5) is 11.7. The fraction of sp³-hybridized carbons (Fsp3) is 0.417. The van der Waals surface area contributed by atoms with E-state index in [-0.39, 0.29) is 5.97 Å². The topological polar surface area (TPSA) is 35.5 Å². The molecule has 0 bridgehead atoms. The van der Waals surface area contributed by atoms with Crippen LogP contribution in [0, 0.1) is 5.41 Å². The van der Waals surface area contributed by atoms with Crippen LogP contribution >= 0.6 is 15.9 Å². The molecule has 0 aliphatic carbocycles. The minimum Gasteiger partial charge on any atom is -0.493 e. The van der Waals surface area contributed by atoms with Crippen LogP contribution in [0.4, 0.5) is 0 Å². The summed E-state index contributed by atoms with van der Waals surface area (Å²) in [5.74, 6) is 0.682. The molecule has 0 heterocycles. The highest BCUT2D eigenvalue weighted by Crippen LogP contribution is 2.31. The minimum atomic E-state index is -0.534. The molecule has 0 N–H and O–H groups in total. The molecule has 3 nitrogen and oxygen atoms in total. The number of esters is 1. The second kappa shape index (κ2) is 4.87. The molecule has 16 heavy (non-hydrogen) atoms. The van der Waals surface area contributed by atoms with Gasteiger partial charge in [-0.1, -0.05) is 15.9 Å². The molecule has 1 rings (SSSR count). The zero-order valence-corrected chi connectivity index (χ0v) is 11.4. The van der Waals surface area contributed by atoms with E-state index in [0.29, 0.717) is 11.5 Å². The molecule has 0 aliphatic heterocycles. The molecular weight excluding hydrogens is 272 g/mol. The van der Waals surface area contributed by atoms with Gasteiger partial charge >= 0.3 is 5.97 Å². The van der Waals surface area contributed by atoms with Gasteiger partial charge in [-0.2, -0.15) is 0 Å². The van der Waals surface area contributed by atoms with E-state index in [4.69, 9.17) is 9.47 Å². The van der Waals surface area contributed by atoms with Crippen molar-refractivity contribution in [3.05, 3.63) is 22.7 Å². The van der Waals surface area contributed by atoms with Crippen LogP contribution in [0.5, 0.6) is 11.5 Å². The average Bonchev–Trinajstić information content (AvgIpc) is 2.16. The molecule has 4 heteroatoms. The van der Waals surface area contributed by atoms with Crippen molar-refractivity contribution in [2.45, 2.75) is 20.8 Å². The van der Waals surface area contributed by atoms with Crippen molar-refractivity contribution in [3.63, 3.8) is 0 Å². The largest absolute Gasteiger partial charge is 0.493 e. The number of ether oxygens (including phenoxy) is 2. The van der Waals surface area contributed by atoms with E-state index in [0.717, 1.165) is 4.47 Å². The van der Waals surface area contributed by atoms with Gasteiger partial charge in [-0.15, -0.1) is 0 Å². The molecule has 1 aromatic carbocycles. The fourth-order valence-corrected chi connectivity index (χ4v) is 1.32. The van der Waals surface area contributed by atoms with Crippen molar-refractivity contribution >= 4 is 21.9 Å². The van der Waals surface area contributed by atoms with Gasteiger partial charge < -0.3 is 9.47 Å². The van der Waals surface area contributed by atoms with Crippen LogP contribution in [0.1, 0.15) is 20.8 Å². The van der Waals surface area contributed by atoms with E-state index in [1.165, 1.54) is 7.11 Å². The number of methoxy groups -OCH3 is 1. The Morgan fingerprint density at radius 1 is 1.25 bits per heavy atom. The van der Waals surface area contributed by atoms with E-state index in [1.807, 2.05) is 6.07 Å². The van der Waals surface area contributed by atoms with Crippen molar-refractivity contribution in [1.82, 2.24) is 0 Å². The first-order valence-electron chi connectivity index (χ1n) is 4.90. The lowest BCUT2D eigenvalue weighted by atomic mass is 9.97. The van der Waals surface area contributed by atoms with Crippen LogP contribution in [0.3, 0.4) is 0 Å². The number of carbonyl (C=O) groups excluding carboxylic acids is 1. The maximum atomic E-state index is 11.7. The summed E-state index contributed by atoms with van der Waals surface area (Å²) < 4.78 is 11.2. The van der Waals surface area contributed by atoms with Gasteiger partial charge in [0.15, 0.2) is 11.5 Å². The van der Waals surface area contributed by atoms with E-state index in [2.05, 4.69) is 15.9 Å². The van der Waals surface area contributed by atoms with Gasteiger partial charge in [0.1, 0.15) is 0 Å². The Kier molecular flexibility index (Phi) is 3.97. The molecule has 0 saturated carbocycles. The maximum absolute atomic E-state index is 11.7. The molecule has 0 unspecified atom stereocenters. The molecule has 88 valence electrons. The standard InChI is InChI=1S/C12H15BrO3/c1-12(2,3)11(14)16-10-7-8(13)5-6-9(10)15-4/h5-7H,1-4H3. The molecule has 0 fully saturated rings. The third-order valence-electron chi connectivity index (χ3n) is 1.94. The number of halogens is 1. The first kappa shape index (κ1) is 13.0. The molecule has 0 amide bonds. The zero-order valence-electron chi connectivity index (χ0n) is 9.83. The molecule has 0 aromatic heterocycles. The number of rotatable bonds is 2. The predicted octanol–water partition coefficient (Wildman–Crippen LogP) is 3.41. The normalized spacial score (nSPS) is 11.1. The van der Waals surface area contributed by atoms with Crippen molar-refractivity contribution in [2.75, 3.05) is 7.11 Å². The fourth-order valence-electron chi connectivity index (χ4n) is 0.983. The first-order chi connectivity index (χ1) is 7.34. The summed E-state index contributed by atoms with van der Waals surface area (Å²) in [7, 11) is 1.54. The molecule has 1 aromatic rings. The highest BCUT2D eigenvalue weighted by atomic mass is 79.9. The summed E-state index contributed by atoms with van der Waals surface area (Å²) in [6, 6.07) is 5.28. The summed E-state index contributed by atoms with van der Waals surface area (Å²) in [5, 5.41) is 0. The number of hydrogen-bond donors (Lipinski definition) is 0. The van der Waals surface area contributed by atoms with Gasteiger partial charge in [0.25, 0.3) is 0 Å². The quantitative estimate of drug-likeness (QED) is 0.617. The van der Waals surface area contributed by atoms with Crippen LogP contribution in [0.25, 0.3) is 0 Å². The smallest absolute Gasteiger partial charge is 0.316 e. The van der Waals surface area contributed by atoms with Crippen molar-refractivity contribution in [1.29, 1.82) is 0 Å². The zero-order chi connectivity index (χ0) is 12.3. The molecular formula is C12H15BrO3. The Morgan fingerprint density at radius 3 is 2.38 bits per heavy atom. The summed E-state index contributed by atoms with van der Waals surface area (Å²) in [5.41, 5.74) is -0.534. The van der Waals surface area contributed by atoms with Gasteiger partial charge in [0.2, 0.25) is 0 Å². The summed E-state index contributed by atoms with van der Waals surface area (Å²) in [6.07, 6.45) is 0. The highest BCUT2D eigenvalue weighted by Gasteiger charge is 2.24. The summed E-state index contributed by atoms with van der Waals surface area (Å²) >= 11 is 3.32. The minimum absolute atomic E-state index is 0.288. The van der Waals surface area contributed by atoms with Crippen LogP contribution in [0.2, 0.25) is 0 Å². The van der Waals surface area contributed by atoms with Gasteiger partial charge in [-0.3, -0.25) is 4.79 Å². The highest BCUT2D eigenvalue weighted by molar-refractivity contribution is 9.10. The third kappa shape index (κ3) is 3.23. The summed E-state index contributed by atoms with van der Waals surface area (Å²) in [6.45, 7) is 5.42. The van der Waals surface area contributed by atoms with E-state index in [1.54, 1.807) is 32.9 Å². The third-order valence-corrected chi connectivity index (χ3v) is 2.43. The Bertz CT molecular complexity index is 394. The number of carbonyl (C=O) groups is 1.